The van der Waals surface area contributed by atoms with Crippen LogP contribution in [0.2, 0.25) is 0 Å². The van der Waals surface area contributed by atoms with E-state index < -0.39 is 10.0 Å². The Morgan fingerprint density at radius 1 is 1.19 bits per heavy atom. The molecule has 0 bridgehead atoms. The summed E-state index contributed by atoms with van der Waals surface area (Å²) in [5.41, 5.74) is 7.05. The molecule has 116 valence electrons. The van der Waals surface area contributed by atoms with Gasteiger partial charge in [0.2, 0.25) is 10.0 Å². The van der Waals surface area contributed by atoms with Gasteiger partial charge in [-0.1, -0.05) is 0 Å². The van der Waals surface area contributed by atoms with Gasteiger partial charge in [0.15, 0.2) is 0 Å². The van der Waals surface area contributed by atoms with Crippen LogP contribution in [-0.4, -0.2) is 33.1 Å². The maximum Gasteiger partial charge on any atom is 0.240 e. The zero-order valence-corrected chi connectivity index (χ0v) is 13.1. The monoisotopic (exact) mass is 309 g/mol. The second-order valence-electron chi connectivity index (χ2n) is 6.22. The lowest BCUT2D eigenvalue weighted by atomic mass is 9.98. The zero-order chi connectivity index (χ0) is 15.0. The number of anilines is 1. The first-order valence-corrected chi connectivity index (χ1v) is 9.08. The Balaban J connectivity index is 1.74. The minimum absolute atomic E-state index is 0.137. The second kappa shape index (κ2) is 5.59. The first kappa shape index (κ1) is 14.8. The Morgan fingerprint density at radius 3 is 2.43 bits per heavy atom. The van der Waals surface area contributed by atoms with E-state index in [1.807, 2.05) is 12.1 Å². The molecule has 3 N–H and O–H groups in total. The molecular weight excluding hydrogens is 286 g/mol. The first-order valence-electron chi connectivity index (χ1n) is 7.60. The quantitative estimate of drug-likeness (QED) is 0.882. The van der Waals surface area contributed by atoms with Gasteiger partial charge in [0.05, 0.1) is 4.90 Å². The van der Waals surface area contributed by atoms with Gasteiger partial charge in [-0.3, -0.25) is 0 Å². The largest absolute Gasteiger partial charge is 0.369 e. The van der Waals surface area contributed by atoms with E-state index in [-0.39, 0.29) is 12.1 Å². The van der Waals surface area contributed by atoms with E-state index in [1.165, 1.54) is 0 Å². The minimum atomic E-state index is -3.36. The fraction of sp³-hybridized carbons (Fsp3) is 0.600. The Labute approximate surface area is 126 Å². The molecule has 0 radical (unpaired) electrons. The third-order valence-electron chi connectivity index (χ3n) is 4.29. The molecule has 2 fully saturated rings. The Morgan fingerprint density at radius 2 is 1.86 bits per heavy atom. The fourth-order valence-corrected chi connectivity index (χ4v) is 4.20. The van der Waals surface area contributed by atoms with Gasteiger partial charge in [-0.2, -0.15) is 0 Å². The Hall–Kier alpha value is -1.11. The maximum atomic E-state index is 12.1. The number of nitrogens with one attached hydrogen (secondary N) is 1. The Kier molecular flexibility index (Phi) is 3.94. The van der Waals surface area contributed by atoms with E-state index in [9.17, 15) is 8.42 Å². The standard InChI is InChI=1S/C15H23N3O2S/c1-11-10-12(16)8-9-18(11)14-4-6-15(7-5-14)21(19,20)17-13-2-3-13/h4-7,11-13,17H,2-3,8-10,16H2,1H3. The van der Waals surface area contributed by atoms with Crippen LogP contribution >= 0.6 is 0 Å². The summed E-state index contributed by atoms with van der Waals surface area (Å²) in [7, 11) is -3.36. The lowest BCUT2D eigenvalue weighted by Gasteiger charge is -2.38. The Bertz CT molecular complexity index is 596. The number of nitrogens with two attached hydrogens (primary N) is 1. The molecule has 1 aromatic rings. The summed E-state index contributed by atoms with van der Waals surface area (Å²) in [6.07, 6.45) is 3.85. The van der Waals surface area contributed by atoms with Gasteiger partial charge < -0.3 is 10.6 Å². The number of rotatable bonds is 4. The highest BCUT2D eigenvalue weighted by Gasteiger charge is 2.28. The molecule has 0 aromatic heterocycles. The number of sulfonamides is 1. The summed E-state index contributed by atoms with van der Waals surface area (Å²) < 4.78 is 27.0. The molecule has 5 nitrogen and oxygen atoms in total. The normalized spacial score (nSPS) is 26.9. The van der Waals surface area contributed by atoms with Crippen molar-refractivity contribution in [2.45, 2.75) is 55.6 Å². The van der Waals surface area contributed by atoms with E-state index in [4.69, 9.17) is 5.73 Å². The third-order valence-corrected chi connectivity index (χ3v) is 5.83. The van der Waals surface area contributed by atoms with Crippen LogP contribution in [-0.2, 0) is 10.0 Å². The smallest absolute Gasteiger partial charge is 0.240 e. The van der Waals surface area contributed by atoms with Crippen LogP contribution in [0.25, 0.3) is 0 Å². The van der Waals surface area contributed by atoms with Crippen molar-refractivity contribution in [2.75, 3.05) is 11.4 Å². The summed E-state index contributed by atoms with van der Waals surface area (Å²) >= 11 is 0. The van der Waals surface area contributed by atoms with Gasteiger partial charge in [0.1, 0.15) is 0 Å². The molecule has 1 heterocycles. The van der Waals surface area contributed by atoms with E-state index in [0.29, 0.717) is 10.9 Å². The highest BCUT2D eigenvalue weighted by atomic mass is 32.2. The van der Waals surface area contributed by atoms with Crippen LogP contribution in [0.1, 0.15) is 32.6 Å². The van der Waals surface area contributed by atoms with Crippen molar-refractivity contribution in [3.8, 4) is 0 Å². The minimum Gasteiger partial charge on any atom is -0.369 e. The summed E-state index contributed by atoms with van der Waals surface area (Å²) in [4.78, 5) is 2.65. The summed E-state index contributed by atoms with van der Waals surface area (Å²) in [6.45, 7) is 3.09. The van der Waals surface area contributed by atoms with Crippen molar-refractivity contribution in [3.05, 3.63) is 24.3 Å². The van der Waals surface area contributed by atoms with Crippen LogP contribution in [0, 0.1) is 0 Å². The molecule has 3 rings (SSSR count). The summed E-state index contributed by atoms with van der Waals surface area (Å²) in [6, 6.07) is 7.99. The predicted octanol–water partition coefficient (Wildman–Crippen LogP) is 1.44. The molecule has 1 saturated heterocycles. The van der Waals surface area contributed by atoms with Gasteiger partial charge in [-0.25, -0.2) is 13.1 Å². The number of nitrogens with zero attached hydrogens (tertiary/aromatic N) is 1. The SMILES string of the molecule is CC1CC(N)CCN1c1ccc(S(=O)(=O)NC2CC2)cc1. The van der Waals surface area contributed by atoms with E-state index >= 15 is 0 Å². The van der Waals surface area contributed by atoms with E-state index in [2.05, 4.69) is 16.5 Å². The average Bonchev–Trinajstić information content (AvgIpc) is 3.22. The van der Waals surface area contributed by atoms with E-state index in [0.717, 1.165) is 37.9 Å². The molecule has 2 unspecified atom stereocenters. The van der Waals surface area contributed by atoms with Gasteiger partial charge in [-0.15, -0.1) is 0 Å². The van der Waals surface area contributed by atoms with Crippen molar-refractivity contribution in [2.24, 2.45) is 5.73 Å². The number of piperidine rings is 1. The molecule has 2 aliphatic rings. The molecule has 1 aliphatic heterocycles. The van der Waals surface area contributed by atoms with Gasteiger partial charge in [0, 0.05) is 30.4 Å². The molecule has 2 atom stereocenters. The number of benzene rings is 1. The van der Waals surface area contributed by atoms with Crippen molar-refractivity contribution in [3.63, 3.8) is 0 Å². The molecule has 0 amide bonds. The highest BCUT2D eigenvalue weighted by molar-refractivity contribution is 7.89. The molecule has 1 aromatic carbocycles. The number of hydrogen-bond donors (Lipinski definition) is 2. The second-order valence-corrected chi connectivity index (χ2v) is 7.93. The van der Waals surface area contributed by atoms with Crippen LogP contribution in [0.4, 0.5) is 5.69 Å². The number of hydrogen-bond acceptors (Lipinski definition) is 4. The van der Waals surface area contributed by atoms with Gasteiger partial charge in [-0.05, 0) is 56.9 Å². The van der Waals surface area contributed by atoms with Crippen LogP contribution in [0.3, 0.4) is 0 Å². The summed E-state index contributed by atoms with van der Waals surface area (Å²) in [5, 5.41) is 0. The maximum absolute atomic E-state index is 12.1. The molecule has 1 aliphatic carbocycles. The predicted molar refractivity (Wildman–Crippen MR) is 83.8 cm³/mol. The van der Waals surface area contributed by atoms with Crippen LogP contribution < -0.4 is 15.4 Å². The summed E-state index contributed by atoms with van der Waals surface area (Å²) in [5.74, 6) is 0. The molecule has 21 heavy (non-hydrogen) atoms. The molecule has 1 saturated carbocycles. The lowest BCUT2D eigenvalue weighted by molar-refractivity contribution is 0.430. The topological polar surface area (TPSA) is 75.4 Å². The molecule has 0 spiro atoms. The third kappa shape index (κ3) is 3.39. The van der Waals surface area contributed by atoms with Crippen molar-refractivity contribution >= 4 is 15.7 Å². The van der Waals surface area contributed by atoms with Crippen molar-refractivity contribution in [1.29, 1.82) is 0 Å². The van der Waals surface area contributed by atoms with Gasteiger partial charge in [0.25, 0.3) is 0 Å². The van der Waals surface area contributed by atoms with Crippen molar-refractivity contribution < 1.29 is 8.42 Å². The van der Waals surface area contributed by atoms with E-state index in [1.54, 1.807) is 12.1 Å². The molecule has 6 heteroatoms. The van der Waals surface area contributed by atoms with Gasteiger partial charge >= 0.3 is 0 Å². The van der Waals surface area contributed by atoms with Crippen molar-refractivity contribution in [1.82, 2.24) is 4.72 Å². The lowest BCUT2D eigenvalue weighted by Crippen LogP contribution is -2.45. The highest BCUT2D eigenvalue weighted by Crippen LogP contribution is 2.26. The van der Waals surface area contributed by atoms with Crippen LogP contribution in [0.5, 0.6) is 0 Å². The molecular formula is C15H23N3O2S. The fourth-order valence-electron chi connectivity index (χ4n) is 2.90. The average molecular weight is 309 g/mol. The first-order chi connectivity index (χ1) is 9.95. The van der Waals surface area contributed by atoms with Crippen LogP contribution in [0.15, 0.2) is 29.2 Å². The zero-order valence-electron chi connectivity index (χ0n) is 12.3.